The number of carboxylic acid groups (broad SMARTS) is 1. The first-order valence-electron chi connectivity index (χ1n) is 8.24. The Bertz CT molecular complexity index is 833. The summed E-state index contributed by atoms with van der Waals surface area (Å²) < 4.78 is 1.46. The molecule has 1 aliphatic carbocycles. The van der Waals surface area contributed by atoms with Crippen LogP contribution < -0.4 is 0 Å². The van der Waals surface area contributed by atoms with Crippen molar-refractivity contribution in [2.24, 2.45) is 17.8 Å². The average Bonchev–Trinajstić information content (AvgIpc) is 3.16. The molecule has 1 N–H and O–H groups in total. The van der Waals surface area contributed by atoms with E-state index in [1.807, 2.05) is 12.1 Å². The highest BCUT2D eigenvalue weighted by Gasteiger charge is 2.47. The van der Waals surface area contributed by atoms with E-state index in [4.69, 9.17) is 11.6 Å². The number of amides is 1. The van der Waals surface area contributed by atoms with Crippen molar-refractivity contribution in [2.45, 2.75) is 12.8 Å². The molecule has 4 rings (SSSR count). The summed E-state index contributed by atoms with van der Waals surface area (Å²) in [5, 5.41) is 17.9. The van der Waals surface area contributed by atoms with Gasteiger partial charge in [-0.05, 0) is 36.8 Å². The number of carboxylic acids is 1. The number of benzene rings is 1. The molecule has 2 atom stereocenters. The van der Waals surface area contributed by atoms with E-state index in [0.717, 1.165) is 12.8 Å². The quantitative estimate of drug-likeness (QED) is 0.902. The average molecular weight is 361 g/mol. The smallest absolute Gasteiger partial charge is 0.308 e. The highest BCUT2D eigenvalue weighted by molar-refractivity contribution is 6.32. The van der Waals surface area contributed by atoms with Gasteiger partial charge in [0.15, 0.2) is 5.69 Å². The molecule has 7 nitrogen and oxygen atoms in total. The van der Waals surface area contributed by atoms with E-state index in [1.54, 1.807) is 17.0 Å². The van der Waals surface area contributed by atoms with Crippen LogP contribution in [0, 0.1) is 17.8 Å². The van der Waals surface area contributed by atoms with Crippen molar-refractivity contribution in [3.63, 3.8) is 0 Å². The molecule has 130 valence electrons. The maximum Gasteiger partial charge on any atom is 0.308 e. The molecule has 2 heterocycles. The molecule has 2 aromatic rings. The lowest BCUT2D eigenvalue weighted by Gasteiger charge is -2.14. The number of carbonyl (C=O) groups excluding carboxylic acids is 1. The summed E-state index contributed by atoms with van der Waals surface area (Å²) in [6.07, 6.45) is 3.64. The lowest BCUT2D eigenvalue weighted by Crippen LogP contribution is -2.30. The predicted molar refractivity (Wildman–Crippen MR) is 89.6 cm³/mol. The molecule has 1 aromatic carbocycles. The van der Waals surface area contributed by atoms with Crippen molar-refractivity contribution in [3.05, 3.63) is 41.2 Å². The molecule has 1 aliphatic heterocycles. The Labute approximate surface area is 149 Å². The van der Waals surface area contributed by atoms with Crippen LogP contribution >= 0.6 is 11.6 Å². The maximum absolute atomic E-state index is 12.7. The second-order valence-corrected chi connectivity index (χ2v) is 7.06. The van der Waals surface area contributed by atoms with Crippen LogP contribution in [0.3, 0.4) is 0 Å². The predicted octanol–water partition coefficient (Wildman–Crippen LogP) is 2.10. The summed E-state index contributed by atoms with van der Waals surface area (Å²) >= 11 is 6.14. The minimum atomic E-state index is -0.827. The third-order valence-electron chi connectivity index (χ3n) is 5.01. The number of likely N-dealkylation sites (tertiary alicyclic amines) is 1. The fraction of sp³-hybridized carbons (Fsp3) is 0.412. The molecule has 0 bridgehead atoms. The number of carbonyl (C=O) groups is 2. The Hall–Kier alpha value is -2.41. The summed E-state index contributed by atoms with van der Waals surface area (Å²) in [5.41, 5.74) is 0.830. The van der Waals surface area contributed by atoms with E-state index in [-0.39, 0.29) is 24.1 Å². The summed E-state index contributed by atoms with van der Waals surface area (Å²) in [6, 6.07) is 7.15. The monoisotopic (exact) mass is 360 g/mol. The Morgan fingerprint density at radius 2 is 1.96 bits per heavy atom. The molecule has 25 heavy (non-hydrogen) atoms. The van der Waals surface area contributed by atoms with Crippen LogP contribution in [-0.4, -0.2) is 50.0 Å². The summed E-state index contributed by atoms with van der Waals surface area (Å²) in [5.74, 6) is -1.13. The van der Waals surface area contributed by atoms with Crippen LogP contribution in [-0.2, 0) is 4.79 Å². The molecule has 1 amide bonds. The topological polar surface area (TPSA) is 88.3 Å². The van der Waals surface area contributed by atoms with E-state index in [2.05, 4.69) is 10.3 Å². The lowest BCUT2D eigenvalue weighted by molar-refractivity contribution is -0.142. The molecule has 0 spiro atoms. The zero-order valence-corrected chi connectivity index (χ0v) is 14.1. The van der Waals surface area contributed by atoms with Gasteiger partial charge in [-0.2, -0.15) is 0 Å². The van der Waals surface area contributed by atoms with Gasteiger partial charge in [-0.15, -0.1) is 5.10 Å². The Balaban J connectivity index is 1.54. The zero-order chi connectivity index (χ0) is 17.6. The van der Waals surface area contributed by atoms with Crippen molar-refractivity contribution < 1.29 is 14.7 Å². The van der Waals surface area contributed by atoms with Crippen LogP contribution in [0.25, 0.3) is 5.69 Å². The van der Waals surface area contributed by atoms with E-state index < -0.39 is 11.9 Å². The van der Waals surface area contributed by atoms with Gasteiger partial charge in [-0.25, -0.2) is 4.68 Å². The van der Waals surface area contributed by atoms with Crippen molar-refractivity contribution in [3.8, 4) is 5.69 Å². The van der Waals surface area contributed by atoms with Crippen molar-refractivity contribution >= 4 is 23.5 Å². The number of aliphatic carboxylic acids is 1. The Morgan fingerprint density at radius 3 is 2.64 bits per heavy atom. The normalized spacial score (nSPS) is 23.0. The molecule has 0 radical (unpaired) electrons. The van der Waals surface area contributed by atoms with Crippen LogP contribution in [0.2, 0.25) is 5.02 Å². The number of aromatic nitrogens is 3. The number of nitrogens with zero attached hydrogens (tertiary/aromatic N) is 4. The fourth-order valence-electron chi connectivity index (χ4n) is 3.54. The lowest BCUT2D eigenvalue weighted by atomic mass is 9.92. The highest BCUT2D eigenvalue weighted by atomic mass is 35.5. The zero-order valence-electron chi connectivity index (χ0n) is 13.4. The molecule has 0 unspecified atom stereocenters. The summed E-state index contributed by atoms with van der Waals surface area (Å²) in [4.78, 5) is 25.8. The van der Waals surface area contributed by atoms with Crippen LogP contribution in [0.1, 0.15) is 23.3 Å². The van der Waals surface area contributed by atoms with Gasteiger partial charge in [0, 0.05) is 13.1 Å². The summed E-state index contributed by atoms with van der Waals surface area (Å²) in [7, 11) is 0. The first kappa shape index (κ1) is 16.1. The number of rotatable bonds is 4. The molecule has 8 heteroatoms. The minimum Gasteiger partial charge on any atom is -0.481 e. The van der Waals surface area contributed by atoms with Gasteiger partial charge >= 0.3 is 5.97 Å². The van der Waals surface area contributed by atoms with Crippen molar-refractivity contribution in [1.29, 1.82) is 0 Å². The van der Waals surface area contributed by atoms with Gasteiger partial charge in [0.05, 0.1) is 22.8 Å². The SMILES string of the molecule is O=C(O)[C@H]1CN(C(=O)c2cn(-c3ccccc3Cl)nn2)C[C@@H]1C1CC1. The molecule has 1 saturated carbocycles. The molecular weight excluding hydrogens is 344 g/mol. The third kappa shape index (κ3) is 3.00. The standard InChI is InChI=1S/C17H17ClN4O3/c18-13-3-1-2-4-15(13)22-9-14(19-20-22)16(23)21-7-11(10-5-6-10)12(8-21)17(24)25/h1-4,9-12H,5-8H2,(H,24,25)/t11-,12+/m1/s1. The number of hydrogen-bond acceptors (Lipinski definition) is 4. The van der Waals surface area contributed by atoms with Gasteiger partial charge in [-0.1, -0.05) is 28.9 Å². The van der Waals surface area contributed by atoms with Crippen molar-refractivity contribution in [2.75, 3.05) is 13.1 Å². The van der Waals surface area contributed by atoms with Gasteiger partial charge in [0.1, 0.15) is 0 Å². The third-order valence-corrected chi connectivity index (χ3v) is 5.33. The van der Waals surface area contributed by atoms with Crippen LogP contribution in [0.4, 0.5) is 0 Å². The first-order chi connectivity index (χ1) is 12.0. The first-order valence-corrected chi connectivity index (χ1v) is 8.61. The second-order valence-electron chi connectivity index (χ2n) is 6.66. The number of halogens is 1. The van der Waals surface area contributed by atoms with Gasteiger partial charge in [0.2, 0.25) is 0 Å². The minimum absolute atomic E-state index is 0.0417. The largest absolute Gasteiger partial charge is 0.481 e. The number of para-hydroxylation sites is 1. The van der Waals surface area contributed by atoms with E-state index in [9.17, 15) is 14.7 Å². The van der Waals surface area contributed by atoms with E-state index >= 15 is 0 Å². The molecule has 2 aliphatic rings. The molecule has 1 saturated heterocycles. The van der Waals surface area contributed by atoms with Gasteiger partial charge in [0.25, 0.3) is 5.91 Å². The van der Waals surface area contributed by atoms with Crippen molar-refractivity contribution in [1.82, 2.24) is 19.9 Å². The molecule has 1 aromatic heterocycles. The fourth-order valence-corrected chi connectivity index (χ4v) is 3.76. The van der Waals surface area contributed by atoms with Gasteiger partial charge < -0.3 is 10.0 Å². The Morgan fingerprint density at radius 1 is 1.20 bits per heavy atom. The second kappa shape index (κ2) is 6.15. The van der Waals surface area contributed by atoms with E-state index in [1.165, 1.54) is 10.9 Å². The van der Waals surface area contributed by atoms with Crippen LogP contribution in [0.5, 0.6) is 0 Å². The Kier molecular flexibility index (Phi) is 3.95. The maximum atomic E-state index is 12.7. The molecule has 2 fully saturated rings. The highest BCUT2D eigenvalue weighted by Crippen LogP contribution is 2.44. The summed E-state index contributed by atoms with van der Waals surface area (Å²) in [6.45, 7) is 0.702. The number of hydrogen-bond donors (Lipinski definition) is 1. The molecular formula is C17H17ClN4O3. The van der Waals surface area contributed by atoms with Crippen LogP contribution in [0.15, 0.2) is 30.5 Å². The van der Waals surface area contributed by atoms with E-state index in [0.29, 0.717) is 23.2 Å². The van der Waals surface area contributed by atoms with Gasteiger partial charge in [-0.3, -0.25) is 9.59 Å².